The molecule has 0 unspecified atom stereocenters. The number of sulfonamides is 1. The molecule has 0 atom stereocenters. The van der Waals surface area contributed by atoms with Crippen molar-refractivity contribution in [1.29, 1.82) is 0 Å². The van der Waals surface area contributed by atoms with Crippen molar-refractivity contribution in [3.05, 3.63) is 18.3 Å². The van der Waals surface area contributed by atoms with Gasteiger partial charge in [0.15, 0.2) is 5.03 Å². The highest BCUT2D eigenvalue weighted by Gasteiger charge is 2.17. The SMILES string of the molecule is CNS(=O)(=O)c1cc2c(ccn2C)c(O)n1. The Morgan fingerprint density at radius 2 is 2.19 bits per heavy atom. The van der Waals surface area contributed by atoms with Crippen LogP contribution in [-0.2, 0) is 17.1 Å². The van der Waals surface area contributed by atoms with Gasteiger partial charge >= 0.3 is 0 Å². The van der Waals surface area contributed by atoms with Gasteiger partial charge in [0.25, 0.3) is 10.0 Å². The molecule has 6 nitrogen and oxygen atoms in total. The maximum Gasteiger partial charge on any atom is 0.257 e. The third-order valence-electron chi connectivity index (χ3n) is 2.38. The van der Waals surface area contributed by atoms with Gasteiger partial charge in [-0.15, -0.1) is 0 Å². The summed E-state index contributed by atoms with van der Waals surface area (Å²) in [6, 6.07) is 3.09. The summed E-state index contributed by atoms with van der Waals surface area (Å²) in [5.41, 5.74) is 0.612. The number of fused-ring (bicyclic) bond motifs is 1. The first kappa shape index (κ1) is 10.9. The highest BCUT2D eigenvalue weighted by atomic mass is 32.2. The fourth-order valence-corrected chi connectivity index (χ4v) is 2.15. The average Bonchev–Trinajstić information content (AvgIpc) is 2.61. The van der Waals surface area contributed by atoms with Crippen LogP contribution in [0, 0.1) is 0 Å². The summed E-state index contributed by atoms with van der Waals surface area (Å²) in [5, 5.41) is 9.94. The predicted octanol–water partition coefficient (Wildman–Crippen LogP) is 0.187. The fourth-order valence-electron chi connectivity index (χ4n) is 1.47. The molecule has 16 heavy (non-hydrogen) atoms. The average molecular weight is 241 g/mol. The lowest BCUT2D eigenvalue weighted by Crippen LogP contribution is -2.19. The summed E-state index contributed by atoms with van der Waals surface area (Å²) in [4.78, 5) is 3.65. The van der Waals surface area contributed by atoms with Crippen molar-refractivity contribution in [2.24, 2.45) is 7.05 Å². The molecule has 0 amide bonds. The molecule has 0 fully saturated rings. The second-order valence-corrected chi connectivity index (χ2v) is 5.18. The van der Waals surface area contributed by atoms with Gasteiger partial charge in [-0.3, -0.25) is 0 Å². The molecule has 2 heterocycles. The maximum atomic E-state index is 11.5. The zero-order valence-electron chi connectivity index (χ0n) is 8.80. The van der Waals surface area contributed by atoms with Crippen LogP contribution in [0.2, 0.25) is 0 Å². The lowest BCUT2D eigenvalue weighted by Gasteiger charge is -2.04. The van der Waals surface area contributed by atoms with E-state index in [0.717, 1.165) is 0 Å². The highest BCUT2D eigenvalue weighted by Crippen LogP contribution is 2.25. The zero-order valence-corrected chi connectivity index (χ0v) is 9.61. The lowest BCUT2D eigenvalue weighted by molar-refractivity contribution is 0.454. The van der Waals surface area contributed by atoms with E-state index in [9.17, 15) is 13.5 Å². The van der Waals surface area contributed by atoms with Crippen molar-refractivity contribution in [2.45, 2.75) is 5.03 Å². The molecule has 86 valence electrons. The first-order valence-corrected chi connectivity index (χ1v) is 6.02. The summed E-state index contributed by atoms with van der Waals surface area (Å²) in [7, 11) is -0.585. The van der Waals surface area contributed by atoms with Crippen molar-refractivity contribution < 1.29 is 13.5 Å². The van der Waals surface area contributed by atoms with Gasteiger partial charge in [0.1, 0.15) is 0 Å². The molecule has 0 spiro atoms. The molecule has 0 aromatic carbocycles. The Balaban J connectivity index is 2.80. The fraction of sp³-hybridized carbons (Fsp3) is 0.222. The summed E-state index contributed by atoms with van der Waals surface area (Å²) in [6.45, 7) is 0. The summed E-state index contributed by atoms with van der Waals surface area (Å²) < 4.78 is 26.9. The van der Waals surface area contributed by atoms with E-state index >= 15 is 0 Å². The molecular weight excluding hydrogens is 230 g/mol. The Kier molecular flexibility index (Phi) is 2.36. The number of aromatic hydroxyl groups is 1. The van der Waals surface area contributed by atoms with Crippen molar-refractivity contribution in [3.8, 4) is 5.88 Å². The van der Waals surface area contributed by atoms with Gasteiger partial charge < -0.3 is 9.67 Å². The number of hydrogen-bond acceptors (Lipinski definition) is 4. The van der Waals surface area contributed by atoms with E-state index in [4.69, 9.17) is 0 Å². The van der Waals surface area contributed by atoms with Crippen LogP contribution < -0.4 is 4.72 Å². The molecule has 0 aliphatic carbocycles. The van der Waals surface area contributed by atoms with Gasteiger partial charge in [-0.2, -0.15) is 4.98 Å². The Bertz CT molecular complexity index is 645. The van der Waals surface area contributed by atoms with E-state index in [0.29, 0.717) is 10.9 Å². The second-order valence-electron chi connectivity index (χ2n) is 3.35. The monoisotopic (exact) mass is 241 g/mol. The third kappa shape index (κ3) is 1.54. The van der Waals surface area contributed by atoms with Gasteiger partial charge in [-0.1, -0.05) is 0 Å². The van der Waals surface area contributed by atoms with E-state index in [2.05, 4.69) is 9.71 Å². The van der Waals surface area contributed by atoms with Crippen LogP contribution in [0.3, 0.4) is 0 Å². The molecule has 7 heteroatoms. The van der Waals surface area contributed by atoms with Crippen LogP contribution in [0.4, 0.5) is 0 Å². The van der Waals surface area contributed by atoms with Crippen molar-refractivity contribution >= 4 is 20.9 Å². The molecule has 2 aromatic rings. The van der Waals surface area contributed by atoms with Crippen LogP contribution >= 0.6 is 0 Å². The van der Waals surface area contributed by atoms with Crippen molar-refractivity contribution in [3.63, 3.8) is 0 Å². The summed E-state index contributed by atoms with van der Waals surface area (Å²) in [5.74, 6) is -0.285. The largest absolute Gasteiger partial charge is 0.493 e. The molecule has 0 bridgehead atoms. The minimum absolute atomic E-state index is 0.193. The number of pyridine rings is 1. The van der Waals surface area contributed by atoms with Crippen LogP contribution in [0.15, 0.2) is 23.4 Å². The molecule has 2 rings (SSSR count). The molecule has 0 saturated carbocycles. The van der Waals surface area contributed by atoms with Gasteiger partial charge in [0, 0.05) is 19.3 Å². The predicted molar refractivity (Wildman–Crippen MR) is 58.6 cm³/mol. The molecule has 0 saturated heterocycles. The van der Waals surface area contributed by atoms with E-state index in [-0.39, 0.29) is 10.9 Å². The number of rotatable bonds is 2. The molecule has 0 radical (unpaired) electrons. The smallest absolute Gasteiger partial charge is 0.257 e. The summed E-state index contributed by atoms with van der Waals surface area (Å²) >= 11 is 0. The molecule has 2 aromatic heterocycles. The van der Waals surface area contributed by atoms with Crippen LogP contribution in [0.5, 0.6) is 5.88 Å². The van der Waals surface area contributed by atoms with E-state index in [1.54, 1.807) is 23.9 Å². The van der Waals surface area contributed by atoms with Gasteiger partial charge in [-0.05, 0) is 13.1 Å². The number of nitrogens with one attached hydrogen (secondary N) is 1. The minimum Gasteiger partial charge on any atom is -0.493 e. The quantitative estimate of drug-likeness (QED) is 0.786. The van der Waals surface area contributed by atoms with Crippen molar-refractivity contribution in [1.82, 2.24) is 14.3 Å². The Morgan fingerprint density at radius 1 is 1.50 bits per heavy atom. The van der Waals surface area contributed by atoms with Crippen LogP contribution in [-0.4, -0.2) is 30.1 Å². The zero-order chi connectivity index (χ0) is 11.9. The standard InChI is InChI=1S/C9H11N3O3S/c1-10-16(14,15)8-5-7-6(9(13)11-8)3-4-12(7)2/h3-5,10H,1-2H3,(H,11,13). The highest BCUT2D eigenvalue weighted by molar-refractivity contribution is 7.89. The van der Waals surface area contributed by atoms with Crippen LogP contribution in [0.1, 0.15) is 0 Å². The van der Waals surface area contributed by atoms with E-state index < -0.39 is 10.0 Å². The Labute approximate surface area is 92.6 Å². The Hall–Kier alpha value is -1.60. The molecular formula is C9H11N3O3S. The topological polar surface area (TPSA) is 84.2 Å². The molecule has 0 aliphatic rings. The van der Waals surface area contributed by atoms with E-state index in [1.165, 1.54) is 13.1 Å². The van der Waals surface area contributed by atoms with Gasteiger partial charge in [0.2, 0.25) is 5.88 Å². The third-order valence-corrected chi connectivity index (χ3v) is 3.68. The minimum atomic E-state index is -3.64. The number of hydrogen-bond donors (Lipinski definition) is 2. The number of aryl methyl sites for hydroxylation is 1. The Morgan fingerprint density at radius 3 is 2.81 bits per heavy atom. The summed E-state index contributed by atoms with van der Waals surface area (Å²) in [6.07, 6.45) is 1.72. The first-order chi connectivity index (χ1) is 7.45. The number of nitrogens with zero attached hydrogens (tertiary/aromatic N) is 2. The second kappa shape index (κ2) is 3.46. The van der Waals surface area contributed by atoms with Gasteiger partial charge in [0.05, 0.1) is 10.9 Å². The van der Waals surface area contributed by atoms with Crippen LogP contribution in [0.25, 0.3) is 10.9 Å². The molecule has 0 aliphatic heterocycles. The molecule has 2 N–H and O–H groups in total. The number of aromatic nitrogens is 2. The van der Waals surface area contributed by atoms with E-state index in [1.807, 2.05) is 0 Å². The first-order valence-electron chi connectivity index (χ1n) is 4.54. The normalized spacial score (nSPS) is 12.1. The lowest BCUT2D eigenvalue weighted by atomic mass is 10.3. The maximum absolute atomic E-state index is 11.5. The van der Waals surface area contributed by atoms with Crippen molar-refractivity contribution in [2.75, 3.05) is 7.05 Å². The van der Waals surface area contributed by atoms with Gasteiger partial charge in [-0.25, -0.2) is 13.1 Å².